The minimum absolute atomic E-state index is 0.00416. The summed E-state index contributed by atoms with van der Waals surface area (Å²) in [6.07, 6.45) is 0. The first-order chi connectivity index (χ1) is 8.60. The van der Waals surface area contributed by atoms with Crippen LogP contribution in [0.5, 0.6) is 11.6 Å². The van der Waals surface area contributed by atoms with Crippen LogP contribution in [0.1, 0.15) is 11.3 Å². The zero-order valence-electron chi connectivity index (χ0n) is 9.65. The standard InChI is InChI=1S/C13H11ClFNO2/c1-8-5-9(7-17)6-12(16-8)18-11-4-2-3-10(14)13(11)15/h2-6,17H,7H2,1H3. The number of rotatable bonds is 3. The Hall–Kier alpha value is -1.65. The highest BCUT2D eigenvalue weighted by molar-refractivity contribution is 6.30. The normalized spacial score (nSPS) is 10.4. The zero-order valence-corrected chi connectivity index (χ0v) is 10.4. The Balaban J connectivity index is 2.34. The van der Waals surface area contributed by atoms with Crippen LogP contribution in [0.2, 0.25) is 5.02 Å². The van der Waals surface area contributed by atoms with Crippen LogP contribution in [-0.4, -0.2) is 10.1 Å². The molecule has 2 aromatic rings. The molecule has 1 aromatic heterocycles. The first-order valence-corrected chi connectivity index (χ1v) is 5.68. The average molecular weight is 268 g/mol. The number of hydrogen-bond acceptors (Lipinski definition) is 3. The van der Waals surface area contributed by atoms with Gasteiger partial charge in [-0.2, -0.15) is 0 Å². The van der Waals surface area contributed by atoms with E-state index in [2.05, 4.69) is 4.98 Å². The fourth-order valence-corrected chi connectivity index (χ4v) is 1.69. The lowest BCUT2D eigenvalue weighted by Crippen LogP contribution is -1.95. The first kappa shape index (κ1) is 12.8. The average Bonchev–Trinajstić information content (AvgIpc) is 2.34. The fraction of sp³-hybridized carbons (Fsp3) is 0.154. The highest BCUT2D eigenvalue weighted by Crippen LogP contribution is 2.28. The Morgan fingerprint density at radius 1 is 1.39 bits per heavy atom. The van der Waals surface area contributed by atoms with Crippen molar-refractivity contribution in [3.8, 4) is 11.6 Å². The van der Waals surface area contributed by atoms with Crippen molar-refractivity contribution >= 4 is 11.6 Å². The lowest BCUT2D eigenvalue weighted by atomic mass is 10.2. The van der Waals surface area contributed by atoms with Gasteiger partial charge >= 0.3 is 0 Å². The summed E-state index contributed by atoms with van der Waals surface area (Å²) in [5, 5.41) is 9.06. The van der Waals surface area contributed by atoms with E-state index in [0.29, 0.717) is 11.3 Å². The van der Waals surface area contributed by atoms with Crippen molar-refractivity contribution < 1.29 is 14.2 Å². The Morgan fingerprint density at radius 2 is 2.17 bits per heavy atom. The van der Waals surface area contributed by atoms with Crippen molar-refractivity contribution in [2.45, 2.75) is 13.5 Å². The molecular formula is C13H11ClFNO2. The second kappa shape index (κ2) is 5.33. The van der Waals surface area contributed by atoms with Crippen LogP contribution in [0.4, 0.5) is 4.39 Å². The lowest BCUT2D eigenvalue weighted by Gasteiger charge is -2.08. The van der Waals surface area contributed by atoms with Gasteiger partial charge in [-0.05, 0) is 30.7 Å². The van der Waals surface area contributed by atoms with E-state index in [1.54, 1.807) is 25.1 Å². The molecule has 0 bridgehead atoms. The lowest BCUT2D eigenvalue weighted by molar-refractivity contribution is 0.280. The summed E-state index contributed by atoms with van der Waals surface area (Å²) in [5.74, 6) is -0.405. The van der Waals surface area contributed by atoms with Crippen LogP contribution in [0.15, 0.2) is 30.3 Å². The van der Waals surface area contributed by atoms with E-state index in [1.807, 2.05) is 0 Å². The number of aromatic nitrogens is 1. The smallest absolute Gasteiger partial charge is 0.219 e. The number of aliphatic hydroxyl groups excluding tert-OH is 1. The number of benzene rings is 1. The van der Waals surface area contributed by atoms with Gasteiger partial charge in [-0.1, -0.05) is 17.7 Å². The summed E-state index contributed by atoms with van der Waals surface area (Å²) in [6.45, 7) is 1.64. The molecule has 3 nitrogen and oxygen atoms in total. The predicted octanol–water partition coefficient (Wildman–Crippen LogP) is 3.47. The molecule has 0 aliphatic rings. The van der Waals surface area contributed by atoms with Crippen molar-refractivity contribution in [3.05, 3.63) is 52.4 Å². The Bertz CT molecular complexity index is 575. The molecule has 0 saturated carbocycles. The number of pyridine rings is 1. The van der Waals surface area contributed by atoms with Crippen LogP contribution < -0.4 is 4.74 Å². The molecule has 0 fully saturated rings. The second-order valence-electron chi connectivity index (χ2n) is 3.77. The van der Waals surface area contributed by atoms with Crippen molar-refractivity contribution in [2.75, 3.05) is 0 Å². The second-order valence-corrected chi connectivity index (χ2v) is 4.17. The molecule has 0 radical (unpaired) electrons. The molecule has 0 unspecified atom stereocenters. The van der Waals surface area contributed by atoms with Gasteiger partial charge in [-0.25, -0.2) is 9.37 Å². The van der Waals surface area contributed by atoms with Crippen LogP contribution in [-0.2, 0) is 6.61 Å². The maximum Gasteiger partial charge on any atom is 0.219 e. The zero-order chi connectivity index (χ0) is 13.1. The van der Waals surface area contributed by atoms with E-state index in [4.69, 9.17) is 21.4 Å². The van der Waals surface area contributed by atoms with Crippen molar-refractivity contribution in [3.63, 3.8) is 0 Å². The molecule has 1 N–H and O–H groups in total. The van der Waals surface area contributed by atoms with Crippen molar-refractivity contribution in [2.24, 2.45) is 0 Å². The Morgan fingerprint density at radius 3 is 2.89 bits per heavy atom. The molecule has 1 heterocycles. The number of aliphatic hydroxyl groups is 1. The molecule has 2 rings (SSSR count). The largest absolute Gasteiger partial charge is 0.436 e. The highest BCUT2D eigenvalue weighted by Gasteiger charge is 2.09. The SMILES string of the molecule is Cc1cc(CO)cc(Oc2cccc(Cl)c2F)n1. The van der Waals surface area contributed by atoms with E-state index >= 15 is 0 Å². The molecule has 0 aliphatic heterocycles. The van der Waals surface area contributed by atoms with Gasteiger partial charge in [0, 0.05) is 11.8 Å². The number of halogens is 2. The van der Waals surface area contributed by atoms with E-state index in [1.165, 1.54) is 12.1 Å². The van der Waals surface area contributed by atoms with Gasteiger partial charge in [0.1, 0.15) is 0 Å². The van der Waals surface area contributed by atoms with Crippen LogP contribution in [0, 0.1) is 12.7 Å². The minimum atomic E-state index is -0.631. The summed E-state index contributed by atoms with van der Waals surface area (Å²) in [5.41, 5.74) is 1.33. The van der Waals surface area contributed by atoms with Gasteiger partial charge < -0.3 is 9.84 Å². The van der Waals surface area contributed by atoms with Crippen molar-refractivity contribution in [1.82, 2.24) is 4.98 Å². The Labute approximate surface area is 109 Å². The van der Waals surface area contributed by atoms with E-state index in [9.17, 15) is 4.39 Å². The van der Waals surface area contributed by atoms with Crippen LogP contribution in [0.25, 0.3) is 0 Å². The molecular weight excluding hydrogens is 257 g/mol. The first-order valence-electron chi connectivity index (χ1n) is 5.30. The third-order valence-corrected chi connectivity index (χ3v) is 2.59. The predicted molar refractivity (Wildman–Crippen MR) is 66.4 cm³/mol. The molecule has 0 amide bonds. The van der Waals surface area contributed by atoms with Gasteiger partial charge in [-0.3, -0.25) is 0 Å². The Kier molecular flexibility index (Phi) is 3.79. The van der Waals surface area contributed by atoms with E-state index < -0.39 is 5.82 Å². The van der Waals surface area contributed by atoms with E-state index in [0.717, 1.165) is 0 Å². The molecule has 0 spiro atoms. The summed E-state index contributed by atoms with van der Waals surface area (Å²) >= 11 is 5.65. The summed E-state index contributed by atoms with van der Waals surface area (Å²) in [4.78, 5) is 4.10. The fourth-order valence-electron chi connectivity index (χ4n) is 1.53. The molecule has 5 heteroatoms. The molecule has 1 aromatic carbocycles. The van der Waals surface area contributed by atoms with Gasteiger partial charge in [0.15, 0.2) is 11.6 Å². The maximum absolute atomic E-state index is 13.6. The molecule has 0 atom stereocenters. The number of nitrogens with zero attached hydrogens (tertiary/aromatic N) is 1. The molecule has 94 valence electrons. The quantitative estimate of drug-likeness (QED) is 0.926. The molecule has 0 saturated heterocycles. The van der Waals surface area contributed by atoms with Crippen LogP contribution >= 0.6 is 11.6 Å². The molecule has 18 heavy (non-hydrogen) atoms. The monoisotopic (exact) mass is 267 g/mol. The third-order valence-electron chi connectivity index (χ3n) is 2.30. The third kappa shape index (κ3) is 2.78. The number of aryl methyl sites for hydroxylation is 1. The topological polar surface area (TPSA) is 42.4 Å². The maximum atomic E-state index is 13.6. The summed E-state index contributed by atoms with van der Waals surface area (Å²) < 4.78 is 19.0. The number of ether oxygens (including phenoxy) is 1. The van der Waals surface area contributed by atoms with Gasteiger partial charge in [-0.15, -0.1) is 0 Å². The summed E-state index contributed by atoms with van der Waals surface area (Å²) in [6, 6.07) is 7.76. The van der Waals surface area contributed by atoms with Gasteiger partial charge in [0.05, 0.1) is 11.6 Å². The van der Waals surface area contributed by atoms with E-state index in [-0.39, 0.29) is 23.3 Å². The van der Waals surface area contributed by atoms with Crippen molar-refractivity contribution in [1.29, 1.82) is 0 Å². The van der Waals surface area contributed by atoms with Gasteiger partial charge in [0.2, 0.25) is 5.88 Å². The van der Waals surface area contributed by atoms with Gasteiger partial charge in [0.25, 0.3) is 0 Å². The highest BCUT2D eigenvalue weighted by atomic mass is 35.5. The molecule has 0 aliphatic carbocycles. The minimum Gasteiger partial charge on any atom is -0.436 e. The van der Waals surface area contributed by atoms with Crippen LogP contribution in [0.3, 0.4) is 0 Å². The summed E-state index contributed by atoms with van der Waals surface area (Å²) in [7, 11) is 0. The number of hydrogen-bond donors (Lipinski definition) is 1.